The third-order valence-electron chi connectivity index (χ3n) is 4.62. The second-order valence-electron chi connectivity index (χ2n) is 6.69. The van der Waals surface area contributed by atoms with Crippen LogP contribution < -0.4 is 10.6 Å². The number of hydrogen-bond acceptors (Lipinski definition) is 2. The number of rotatable bonds is 9. The zero-order chi connectivity index (χ0) is 19.6. The molecular formula is C23H30N4O. The van der Waals surface area contributed by atoms with Crippen LogP contribution in [0.3, 0.4) is 0 Å². The molecule has 0 saturated heterocycles. The van der Waals surface area contributed by atoms with Crippen LogP contribution >= 0.6 is 0 Å². The van der Waals surface area contributed by atoms with E-state index < -0.39 is 0 Å². The van der Waals surface area contributed by atoms with Gasteiger partial charge in [-0.05, 0) is 43.0 Å². The lowest BCUT2D eigenvalue weighted by Gasteiger charge is -2.11. The Morgan fingerprint density at radius 3 is 2.57 bits per heavy atom. The number of guanidine groups is 1. The van der Waals surface area contributed by atoms with E-state index in [9.17, 15) is 0 Å². The number of benzene rings is 2. The molecule has 0 atom stereocenters. The van der Waals surface area contributed by atoms with E-state index in [-0.39, 0.29) is 0 Å². The number of nitrogens with zero attached hydrogens (tertiary/aromatic N) is 1. The van der Waals surface area contributed by atoms with Crippen molar-refractivity contribution in [1.82, 2.24) is 15.6 Å². The summed E-state index contributed by atoms with van der Waals surface area (Å²) in [5.74, 6) is 0.848. The summed E-state index contributed by atoms with van der Waals surface area (Å²) in [7, 11) is 0. The highest BCUT2D eigenvalue weighted by Gasteiger charge is 2.04. The lowest BCUT2D eigenvalue weighted by atomic mass is 10.1. The van der Waals surface area contributed by atoms with Gasteiger partial charge in [-0.15, -0.1) is 0 Å². The largest absolute Gasteiger partial charge is 0.377 e. The molecule has 2 aromatic carbocycles. The molecule has 28 heavy (non-hydrogen) atoms. The first-order valence-corrected chi connectivity index (χ1v) is 10.0. The van der Waals surface area contributed by atoms with Crippen LogP contribution in [0.2, 0.25) is 0 Å². The van der Waals surface area contributed by atoms with Crippen molar-refractivity contribution in [3.63, 3.8) is 0 Å². The second kappa shape index (κ2) is 10.5. The molecule has 0 spiro atoms. The second-order valence-corrected chi connectivity index (χ2v) is 6.69. The highest BCUT2D eigenvalue weighted by atomic mass is 16.5. The number of fused-ring (bicyclic) bond motifs is 1. The fourth-order valence-corrected chi connectivity index (χ4v) is 3.13. The van der Waals surface area contributed by atoms with Gasteiger partial charge in [0.15, 0.2) is 5.96 Å². The van der Waals surface area contributed by atoms with E-state index in [0.29, 0.717) is 13.2 Å². The summed E-state index contributed by atoms with van der Waals surface area (Å²) in [5, 5.41) is 8.05. The first-order chi connectivity index (χ1) is 13.8. The Labute approximate surface area is 167 Å². The first kappa shape index (κ1) is 20.0. The number of para-hydroxylation sites is 1. The molecule has 3 N–H and O–H groups in total. The molecule has 0 saturated carbocycles. The zero-order valence-electron chi connectivity index (χ0n) is 16.8. The van der Waals surface area contributed by atoms with Crippen LogP contribution in [0, 0.1) is 0 Å². The van der Waals surface area contributed by atoms with Crippen molar-refractivity contribution >= 4 is 16.9 Å². The van der Waals surface area contributed by atoms with E-state index in [1.165, 1.54) is 27.6 Å². The highest BCUT2D eigenvalue weighted by Crippen LogP contribution is 2.17. The van der Waals surface area contributed by atoms with Gasteiger partial charge >= 0.3 is 0 Å². The summed E-state index contributed by atoms with van der Waals surface area (Å²) in [5.41, 5.74) is 4.89. The molecule has 0 bridgehead atoms. The number of nitrogens with one attached hydrogen (secondary N) is 3. The Morgan fingerprint density at radius 2 is 1.79 bits per heavy atom. The van der Waals surface area contributed by atoms with Gasteiger partial charge in [-0.1, -0.05) is 42.5 Å². The zero-order valence-corrected chi connectivity index (χ0v) is 16.8. The van der Waals surface area contributed by atoms with Crippen molar-refractivity contribution in [2.45, 2.75) is 33.4 Å². The van der Waals surface area contributed by atoms with Gasteiger partial charge in [0.25, 0.3) is 0 Å². The first-order valence-electron chi connectivity index (χ1n) is 10.0. The van der Waals surface area contributed by atoms with Gasteiger partial charge in [-0.25, -0.2) is 4.99 Å². The minimum atomic E-state index is 0.650. The predicted molar refractivity (Wildman–Crippen MR) is 117 cm³/mol. The van der Waals surface area contributed by atoms with Gasteiger partial charge in [0, 0.05) is 36.8 Å². The maximum Gasteiger partial charge on any atom is 0.191 e. The highest BCUT2D eigenvalue weighted by molar-refractivity contribution is 5.83. The minimum Gasteiger partial charge on any atom is -0.377 e. The van der Waals surface area contributed by atoms with Crippen molar-refractivity contribution < 1.29 is 4.74 Å². The molecule has 3 aromatic rings. The summed E-state index contributed by atoms with van der Waals surface area (Å²) >= 11 is 0. The fraction of sp³-hybridized carbons (Fsp3) is 0.348. The number of hydrogen-bond donors (Lipinski definition) is 3. The molecule has 5 heteroatoms. The van der Waals surface area contributed by atoms with Gasteiger partial charge < -0.3 is 20.4 Å². The van der Waals surface area contributed by atoms with E-state index in [1.54, 1.807) is 0 Å². The number of ether oxygens (including phenoxy) is 1. The smallest absolute Gasteiger partial charge is 0.191 e. The van der Waals surface area contributed by atoms with Crippen LogP contribution in [-0.2, 0) is 24.3 Å². The van der Waals surface area contributed by atoms with E-state index in [2.05, 4.69) is 77.3 Å². The summed E-state index contributed by atoms with van der Waals surface area (Å²) in [6.07, 6.45) is 3.04. The van der Waals surface area contributed by atoms with Gasteiger partial charge in [0.2, 0.25) is 0 Å². The summed E-state index contributed by atoms with van der Waals surface area (Å²) in [6.45, 7) is 7.82. The molecule has 0 amide bonds. The normalized spacial score (nSPS) is 11.7. The average molecular weight is 379 g/mol. The van der Waals surface area contributed by atoms with Gasteiger partial charge in [0.1, 0.15) is 0 Å². The average Bonchev–Trinajstić information content (AvgIpc) is 3.14. The predicted octanol–water partition coefficient (Wildman–Crippen LogP) is 4.00. The molecule has 1 heterocycles. The summed E-state index contributed by atoms with van der Waals surface area (Å²) in [4.78, 5) is 8.04. The lowest BCUT2D eigenvalue weighted by Crippen LogP contribution is -2.38. The Hall–Kier alpha value is -2.79. The van der Waals surface area contributed by atoms with E-state index in [0.717, 1.165) is 32.1 Å². The lowest BCUT2D eigenvalue weighted by molar-refractivity contribution is 0.134. The molecule has 148 valence electrons. The van der Waals surface area contributed by atoms with Crippen LogP contribution in [0.15, 0.2) is 59.7 Å². The van der Waals surface area contributed by atoms with Crippen LogP contribution in [0.4, 0.5) is 0 Å². The monoisotopic (exact) mass is 378 g/mol. The maximum absolute atomic E-state index is 5.44. The number of aliphatic imine (C=N–C) groups is 1. The van der Waals surface area contributed by atoms with Crippen LogP contribution in [0.25, 0.3) is 10.9 Å². The van der Waals surface area contributed by atoms with Gasteiger partial charge in [-0.3, -0.25) is 0 Å². The summed E-state index contributed by atoms with van der Waals surface area (Å²) in [6, 6.07) is 16.9. The van der Waals surface area contributed by atoms with Crippen LogP contribution in [0.5, 0.6) is 0 Å². The topological polar surface area (TPSA) is 61.4 Å². The van der Waals surface area contributed by atoms with Crippen LogP contribution in [-0.4, -0.2) is 30.6 Å². The third-order valence-corrected chi connectivity index (χ3v) is 4.62. The molecule has 0 fully saturated rings. The molecule has 0 aliphatic heterocycles. The number of H-pyrrole nitrogens is 1. The Balaban J connectivity index is 1.53. The Kier molecular flexibility index (Phi) is 7.50. The fourth-order valence-electron chi connectivity index (χ4n) is 3.13. The molecular weight excluding hydrogens is 348 g/mol. The van der Waals surface area contributed by atoms with Crippen molar-refractivity contribution in [3.05, 3.63) is 71.4 Å². The number of aromatic nitrogens is 1. The third kappa shape index (κ3) is 5.60. The van der Waals surface area contributed by atoms with E-state index >= 15 is 0 Å². The molecule has 0 aliphatic rings. The molecule has 0 aliphatic carbocycles. The minimum absolute atomic E-state index is 0.650. The maximum atomic E-state index is 5.44. The van der Waals surface area contributed by atoms with Crippen molar-refractivity contribution in [1.29, 1.82) is 0 Å². The van der Waals surface area contributed by atoms with Crippen LogP contribution in [0.1, 0.15) is 30.5 Å². The van der Waals surface area contributed by atoms with Gasteiger partial charge in [-0.2, -0.15) is 0 Å². The standard InChI is InChI=1S/C23H30N4O/c1-3-24-23(27-15-18-9-11-19(12-10-18)17-28-4-2)25-14-13-20-16-26-22-8-6-5-7-21(20)22/h5-12,16,26H,3-4,13-15,17H2,1-2H3,(H2,24,25,27). The Morgan fingerprint density at radius 1 is 1.00 bits per heavy atom. The summed E-state index contributed by atoms with van der Waals surface area (Å²) < 4.78 is 5.44. The Bertz CT molecular complexity index is 883. The molecule has 3 rings (SSSR count). The molecule has 0 unspecified atom stereocenters. The molecule has 5 nitrogen and oxygen atoms in total. The molecule has 1 aromatic heterocycles. The number of aromatic amines is 1. The van der Waals surface area contributed by atoms with E-state index in [1.807, 2.05) is 6.92 Å². The quantitative estimate of drug-likeness (QED) is 0.390. The van der Waals surface area contributed by atoms with E-state index in [4.69, 9.17) is 9.73 Å². The van der Waals surface area contributed by atoms with Crippen molar-refractivity contribution in [2.75, 3.05) is 19.7 Å². The van der Waals surface area contributed by atoms with Crippen molar-refractivity contribution in [3.8, 4) is 0 Å². The van der Waals surface area contributed by atoms with Gasteiger partial charge in [0.05, 0.1) is 13.2 Å². The van der Waals surface area contributed by atoms with Crippen molar-refractivity contribution in [2.24, 2.45) is 4.99 Å². The SMILES string of the molecule is CCNC(=NCc1ccc(COCC)cc1)NCCc1c[nH]c2ccccc12. The molecule has 0 radical (unpaired) electrons.